The topological polar surface area (TPSA) is 49.4 Å². The van der Waals surface area contributed by atoms with E-state index >= 15 is 0 Å². The number of halogens is 1. The molecule has 0 bridgehead atoms. The maximum atomic E-state index is 12.5. The fraction of sp³-hybridized carbons (Fsp3) is 0.647. The van der Waals surface area contributed by atoms with Gasteiger partial charge in [-0.2, -0.15) is 11.8 Å². The van der Waals surface area contributed by atoms with Crippen molar-refractivity contribution in [3.8, 4) is 0 Å². The van der Waals surface area contributed by atoms with Crippen LogP contribution in [0.1, 0.15) is 24.8 Å². The van der Waals surface area contributed by atoms with Crippen molar-refractivity contribution in [2.24, 2.45) is 5.92 Å². The highest BCUT2D eigenvalue weighted by molar-refractivity contribution is 7.99. The number of thioether (sulfide) groups is 1. The van der Waals surface area contributed by atoms with Crippen molar-refractivity contribution < 1.29 is 8.42 Å². The summed E-state index contributed by atoms with van der Waals surface area (Å²) in [5, 5.41) is 0.448. The summed E-state index contributed by atoms with van der Waals surface area (Å²) in [6.45, 7) is 4.49. The van der Waals surface area contributed by atoms with Crippen LogP contribution in [0.15, 0.2) is 23.1 Å². The van der Waals surface area contributed by atoms with Crippen LogP contribution in [0.2, 0.25) is 5.02 Å². The molecule has 0 aromatic heterocycles. The van der Waals surface area contributed by atoms with Crippen LogP contribution in [0, 0.1) is 12.8 Å². The number of sulfonamides is 1. The van der Waals surface area contributed by atoms with Crippen molar-refractivity contribution in [1.82, 2.24) is 9.62 Å². The lowest BCUT2D eigenvalue weighted by Crippen LogP contribution is -2.43. The van der Waals surface area contributed by atoms with Crippen molar-refractivity contribution in [3.05, 3.63) is 28.8 Å². The molecule has 1 N–H and O–H groups in total. The van der Waals surface area contributed by atoms with Gasteiger partial charge in [-0.25, -0.2) is 13.1 Å². The molecule has 0 radical (unpaired) electrons. The summed E-state index contributed by atoms with van der Waals surface area (Å²) in [6.07, 6.45) is 3.44. The molecule has 0 saturated carbocycles. The Bertz CT molecular complexity index is 667. The summed E-state index contributed by atoms with van der Waals surface area (Å²) >= 11 is 8.00. The Balaban J connectivity index is 1.53. The molecule has 2 heterocycles. The van der Waals surface area contributed by atoms with E-state index in [-0.39, 0.29) is 4.90 Å². The summed E-state index contributed by atoms with van der Waals surface area (Å²) in [4.78, 5) is 2.88. The van der Waals surface area contributed by atoms with E-state index in [1.54, 1.807) is 19.1 Å². The van der Waals surface area contributed by atoms with Crippen LogP contribution in [-0.4, -0.2) is 50.5 Å². The molecule has 2 saturated heterocycles. The predicted octanol–water partition coefficient (Wildman–Crippen LogP) is 3.14. The molecule has 0 aliphatic carbocycles. The van der Waals surface area contributed by atoms with Crippen molar-refractivity contribution in [2.45, 2.75) is 37.1 Å². The number of aryl methyl sites for hydroxylation is 1. The van der Waals surface area contributed by atoms with Gasteiger partial charge in [0, 0.05) is 23.4 Å². The van der Waals surface area contributed by atoms with Crippen molar-refractivity contribution >= 4 is 33.4 Å². The normalized spacial score (nSPS) is 23.7. The van der Waals surface area contributed by atoms with E-state index in [0.717, 1.165) is 37.5 Å². The van der Waals surface area contributed by atoms with E-state index in [9.17, 15) is 8.42 Å². The number of benzene rings is 1. The molecule has 134 valence electrons. The molecule has 2 fully saturated rings. The van der Waals surface area contributed by atoms with Gasteiger partial charge in [-0.05, 0) is 68.6 Å². The fourth-order valence-corrected chi connectivity index (χ4v) is 6.38. The SMILES string of the molecule is Cc1ccc(Cl)cc1S(=O)(=O)NCC1CCN([C@H]2CCSC2)CC1. The second kappa shape index (κ2) is 7.96. The summed E-state index contributed by atoms with van der Waals surface area (Å²) in [5.74, 6) is 2.96. The third kappa shape index (κ3) is 4.47. The maximum absolute atomic E-state index is 12.5. The van der Waals surface area contributed by atoms with Crippen LogP contribution in [0.25, 0.3) is 0 Å². The number of rotatable bonds is 5. The van der Waals surface area contributed by atoms with Gasteiger partial charge in [-0.3, -0.25) is 4.90 Å². The van der Waals surface area contributed by atoms with Crippen LogP contribution < -0.4 is 4.72 Å². The Kier molecular flexibility index (Phi) is 6.14. The van der Waals surface area contributed by atoms with Gasteiger partial charge in [0.1, 0.15) is 0 Å². The van der Waals surface area contributed by atoms with Gasteiger partial charge in [0.15, 0.2) is 0 Å². The molecule has 2 aliphatic heterocycles. The first-order valence-corrected chi connectivity index (χ1v) is 11.5. The van der Waals surface area contributed by atoms with E-state index in [0.29, 0.717) is 17.5 Å². The molecular weight excluding hydrogens is 364 g/mol. The Morgan fingerprint density at radius 3 is 2.71 bits per heavy atom. The second-order valence-electron chi connectivity index (χ2n) is 6.76. The first-order valence-electron chi connectivity index (χ1n) is 8.53. The molecule has 2 aliphatic rings. The largest absolute Gasteiger partial charge is 0.300 e. The van der Waals surface area contributed by atoms with Gasteiger partial charge in [0.25, 0.3) is 0 Å². The standard InChI is InChI=1S/C17H25ClN2O2S2/c1-13-2-3-15(18)10-17(13)24(21,22)19-11-14-4-7-20(8-5-14)16-6-9-23-12-16/h2-3,10,14,16,19H,4-9,11-12H2,1H3/t16-/m0/s1. The minimum Gasteiger partial charge on any atom is -0.300 e. The van der Waals surface area contributed by atoms with Gasteiger partial charge in [0.2, 0.25) is 10.0 Å². The zero-order valence-electron chi connectivity index (χ0n) is 14.0. The third-order valence-electron chi connectivity index (χ3n) is 5.07. The molecular formula is C17H25ClN2O2S2. The van der Waals surface area contributed by atoms with Crippen molar-refractivity contribution in [1.29, 1.82) is 0 Å². The minimum absolute atomic E-state index is 0.287. The predicted molar refractivity (Wildman–Crippen MR) is 101 cm³/mol. The molecule has 24 heavy (non-hydrogen) atoms. The van der Waals surface area contributed by atoms with Crippen LogP contribution >= 0.6 is 23.4 Å². The van der Waals surface area contributed by atoms with Gasteiger partial charge < -0.3 is 0 Å². The third-order valence-corrected chi connectivity index (χ3v) is 8.02. The fourth-order valence-electron chi connectivity index (χ4n) is 3.50. The van der Waals surface area contributed by atoms with Gasteiger partial charge in [-0.1, -0.05) is 17.7 Å². The molecule has 7 heteroatoms. The summed E-state index contributed by atoms with van der Waals surface area (Å²) in [7, 11) is -3.49. The highest BCUT2D eigenvalue weighted by Crippen LogP contribution is 2.27. The monoisotopic (exact) mass is 388 g/mol. The zero-order valence-corrected chi connectivity index (χ0v) is 16.4. The lowest BCUT2D eigenvalue weighted by molar-refractivity contribution is 0.145. The smallest absolute Gasteiger partial charge is 0.240 e. The lowest BCUT2D eigenvalue weighted by atomic mass is 9.96. The first-order chi connectivity index (χ1) is 11.5. The van der Waals surface area contributed by atoms with E-state index in [1.165, 1.54) is 24.0 Å². The van der Waals surface area contributed by atoms with Crippen molar-refractivity contribution in [2.75, 3.05) is 31.1 Å². The summed E-state index contributed by atoms with van der Waals surface area (Å²) in [5.41, 5.74) is 0.723. The van der Waals surface area contributed by atoms with E-state index < -0.39 is 10.0 Å². The highest BCUT2D eigenvalue weighted by Gasteiger charge is 2.28. The van der Waals surface area contributed by atoms with Crippen LogP contribution in [-0.2, 0) is 10.0 Å². The molecule has 4 nitrogen and oxygen atoms in total. The highest BCUT2D eigenvalue weighted by atomic mass is 35.5. The molecule has 0 unspecified atom stereocenters. The van der Waals surface area contributed by atoms with Crippen LogP contribution in [0.3, 0.4) is 0 Å². The van der Waals surface area contributed by atoms with Crippen molar-refractivity contribution in [3.63, 3.8) is 0 Å². The number of hydrogen-bond donors (Lipinski definition) is 1. The van der Waals surface area contributed by atoms with E-state index in [2.05, 4.69) is 9.62 Å². The van der Waals surface area contributed by atoms with Gasteiger partial charge in [0.05, 0.1) is 4.90 Å². The average molecular weight is 389 g/mol. The van der Waals surface area contributed by atoms with E-state index in [1.807, 2.05) is 11.8 Å². The minimum atomic E-state index is -3.49. The first kappa shape index (κ1) is 18.5. The number of nitrogens with one attached hydrogen (secondary N) is 1. The molecule has 3 rings (SSSR count). The summed E-state index contributed by atoms with van der Waals surface area (Å²) in [6, 6.07) is 5.73. The molecule has 1 aromatic rings. The Morgan fingerprint density at radius 1 is 1.29 bits per heavy atom. The summed E-state index contributed by atoms with van der Waals surface area (Å²) < 4.78 is 27.9. The van der Waals surface area contributed by atoms with Gasteiger partial charge >= 0.3 is 0 Å². The lowest BCUT2D eigenvalue weighted by Gasteiger charge is -2.35. The van der Waals surface area contributed by atoms with E-state index in [4.69, 9.17) is 11.6 Å². The molecule has 1 atom stereocenters. The van der Waals surface area contributed by atoms with Crippen LogP contribution in [0.5, 0.6) is 0 Å². The molecule has 1 aromatic carbocycles. The number of hydrogen-bond acceptors (Lipinski definition) is 4. The molecule has 0 spiro atoms. The zero-order chi connectivity index (χ0) is 17.2. The maximum Gasteiger partial charge on any atom is 0.240 e. The number of nitrogens with zero attached hydrogens (tertiary/aromatic N) is 1. The Morgan fingerprint density at radius 2 is 2.04 bits per heavy atom. The average Bonchev–Trinajstić information content (AvgIpc) is 3.10. The number of piperidine rings is 1. The quantitative estimate of drug-likeness (QED) is 0.841. The second-order valence-corrected chi connectivity index (χ2v) is 10.1. The Hall–Kier alpha value is -0.270. The van der Waals surface area contributed by atoms with Gasteiger partial charge in [-0.15, -0.1) is 0 Å². The van der Waals surface area contributed by atoms with Crippen LogP contribution in [0.4, 0.5) is 0 Å². The molecule has 0 amide bonds. The number of likely N-dealkylation sites (tertiary alicyclic amines) is 1. The Labute approximate surface area is 154 Å².